The summed E-state index contributed by atoms with van der Waals surface area (Å²) in [4.78, 5) is 4.69. The fourth-order valence-electron chi connectivity index (χ4n) is 1.68. The van der Waals surface area contributed by atoms with Crippen LogP contribution in [0.4, 0.5) is 0 Å². The van der Waals surface area contributed by atoms with Gasteiger partial charge in [0, 0.05) is 32.2 Å². The van der Waals surface area contributed by atoms with Crippen molar-refractivity contribution in [1.82, 2.24) is 15.1 Å². The molecular weight excluding hydrogens is 176 g/mol. The van der Waals surface area contributed by atoms with E-state index in [1.807, 2.05) is 6.92 Å². The Morgan fingerprint density at radius 2 is 2.21 bits per heavy atom. The summed E-state index contributed by atoms with van der Waals surface area (Å²) in [5, 5.41) is 11.9. The van der Waals surface area contributed by atoms with Crippen molar-refractivity contribution in [3.8, 4) is 6.07 Å². The first-order valence-corrected chi connectivity index (χ1v) is 5.15. The maximum atomic E-state index is 8.65. The maximum Gasteiger partial charge on any atom is 0.0924 e. The van der Waals surface area contributed by atoms with Crippen molar-refractivity contribution in [3.05, 3.63) is 0 Å². The number of nitriles is 1. The van der Waals surface area contributed by atoms with E-state index in [-0.39, 0.29) is 6.04 Å². The third-order valence-electron chi connectivity index (χ3n) is 2.83. The van der Waals surface area contributed by atoms with Gasteiger partial charge in [0.2, 0.25) is 0 Å². The van der Waals surface area contributed by atoms with Crippen molar-refractivity contribution in [1.29, 1.82) is 5.26 Å². The topological polar surface area (TPSA) is 42.3 Å². The van der Waals surface area contributed by atoms with E-state index in [0.717, 1.165) is 26.2 Å². The Kier molecular flexibility index (Phi) is 4.33. The molecule has 1 fully saturated rings. The van der Waals surface area contributed by atoms with Crippen molar-refractivity contribution in [2.45, 2.75) is 19.0 Å². The van der Waals surface area contributed by atoms with E-state index in [4.69, 9.17) is 5.26 Å². The van der Waals surface area contributed by atoms with Gasteiger partial charge in [0.25, 0.3) is 0 Å². The molecule has 2 atom stereocenters. The number of hydrogen-bond acceptors (Lipinski definition) is 4. The molecule has 0 radical (unpaired) electrons. The van der Waals surface area contributed by atoms with E-state index in [0.29, 0.717) is 6.04 Å². The molecule has 0 spiro atoms. The summed E-state index contributed by atoms with van der Waals surface area (Å²) < 4.78 is 0. The molecule has 0 aromatic rings. The summed E-state index contributed by atoms with van der Waals surface area (Å²) in [7, 11) is 4.30. The largest absolute Gasteiger partial charge is 0.303 e. The highest BCUT2D eigenvalue weighted by atomic mass is 15.3. The monoisotopic (exact) mass is 196 g/mol. The van der Waals surface area contributed by atoms with Crippen LogP contribution in [0, 0.1) is 11.3 Å². The maximum absolute atomic E-state index is 8.65. The fourth-order valence-corrected chi connectivity index (χ4v) is 1.68. The SMILES string of the molecule is CC(C#N)NCC1CN(C)CCN1C. The molecule has 1 aliphatic heterocycles. The minimum atomic E-state index is -0.0457. The van der Waals surface area contributed by atoms with Crippen LogP contribution in [-0.2, 0) is 0 Å². The van der Waals surface area contributed by atoms with Gasteiger partial charge < -0.3 is 10.2 Å². The summed E-state index contributed by atoms with van der Waals surface area (Å²) in [5.41, 5.74) is 0. The second kappa shape index (κ2) is 5.30. The summed E-state index contributed by atoms with van der Waals surface area (Å²) in [6, 6.07) is 2.67. The second-order valence-corrected chi connectivity index (χ2v) is 4.16. The van der Waals surface area contributed by atoms with E-state index in [1.165, 1.54) is 0 Å². The molecule has 0 aromatic heterocycles. The minimum Gasteiger partial charge on any atom is -0.303 e. The van der Waals surface area contributed by atoms with Crippen molar-refractivity contribution in [2.24, 2.45) is 0 Å². The Balaban J connectivity index is 2.31. The number of rotatable bonds is 3. The molecule has 1 N–H and O–H groups in total. The van der Waals surface area contributed by atoms with Gasteiger partial charge in [-0.25, -0.2) is 0 Å². The number of likely N-dealkylation sites (N-methyl/N-ethyl adjacent to an activating group) is 2. The van der Waals surface area contributed by atoms with Crippen LogP contribution in [-0.4, -0.2) is 62.2 Å². The molecule has 1 heterocycles. The lowest BCUT2D eigenvalue weighted by Gasteiger charge is -2.38. The second-order valence-electron chi connectivity index (χ2n) is 4.16. The first kappa shape index (κ1) is 11.4. The van der Waals surface area contributed by atoms with E-state index < -0.39 is 0 Å². The van der Waals surface area contributed by atoms with E-state index in [1.54, 1.807) is 0 Å². The Hall–Kier alpha value is -0.630. The molecule has 1 rings (SSSR count). The molecule has 1 aliphatic rings. The van der Waals surface area contributed by atoms with Crippen LogP contribution in [0.25, 0.3) is 0 Å². The van der Waals surface area contributed by atoms with Gasteiger partial charge >= 0.3 is 0 Å². The predicted molar refractivity (Wildman–Crippen MR) is 57.0 cm³/mol. The lowest BCUT2D eigenvalue weighted by molar-refractivity contribution is 0.113. The van der Waals surface area contributed by atoms with Crippen LogP contribution >= 0.6 is 0 Å². The van der Waals surface area contributed by atoms with E-state index >= 15 is 0 Å². The van der Waals surface area contributed by atoms with E-state index in [9.17, 15) is 0 Å². The standard InChI is InChI=1S/C10H20N4/c1-9(6-11)12-7-10-8-13(2)4-5-14(10)3/h9-10,12H,4-5,7-8H2,1-3H3. The zero-order chi connectivity index (χ0) is 10.6. The molecule has 80 valence electrons. The highest BCUT2D eigenvalue weighted by Gasteiger charge is 2.21. The van der Waals surface area contributed by atoms with E-state index in [2.05, 4.69) is 35.3 Å². The Bertz CT molecular complexity index is 211. The molecule has 0 aromatic carbocycles. The third kappa shape index (κ3) is 3.26. The third-order valence-corrected chi connectivity index (χ3v) is 2.83. The first-order chi connectivity index (χ1) is 6.63. The quantitative estimate of drug-likeness (QED) is 0.675. The molecule has 0 aliphatic carbocycles. The van der Waals surface area contributed by atoms with Gasteiger partial charge in [-0.1, -0.05) is 0 Å². The molecule has 4 nitrogen and oxygen atoms in total. The molecule has 1 saturated heterocycles. The molecule has 4 heteroatoms. The Morgan fingerprint density at radius 1 is 1.50 bits per heavy atom. The van der Waals surface area contributed by atoms with Gasteiger partial charge in [0.1, 0.15) is 0 Å². The van der Waals surface area contributed by atoms with Gasteiger partial charge in [-0.15, -0.1) is 0 Å². The normalized spacial score (nSPS) is 27.1. The first-order valence-electron chi connectivity index (χ1n) is 5.15. The Labute approximate surface area is 86.5 Å². The van der Waals surface area contributed by atoms with Crippen molar-refractivity contribution >= 4 is 0 Å². The molecular formula is C10H20N4. The van der Waals surface area contributed by atoms with Gasteiger partial charge in [-0.2, -0.15) is 5.26 Å². The molecule has 0 amide bonds. The highest BCUT2D eigenvalue weighted by Crippen LogP contribution is 2.04. The van der Waals surface area contributed by atoms with Gasteiger partial charge in [0.15, 0.2) is 0 Å². The smallest absolute Gasteiger partial charge is 0.0924 e. The zero-order valence-corrected chi connectivity index (χ0v) is 9.32. The molecule has 0 saturated carbocycles. The van der Waals surface area contributed by atoms with Crippen LogP contribution in [0.5, 0.6) is 0 Å². The van der Waals surface area contributed by atoms with Crippen LogP contribution in [0.3, 0.4) is 0 Å². The minimum absolute atomic E-state index is 0.0457. The number of nitrogens with zero attached hydrogens (tertiary/aromatic N) is 3. The predicted octanol–water partition coefficient (Wildman–Crippen LogP) is -0.266. The number of nitrogens with one attached hydrogen (secondary N) is 1. The summed E-state index contributed by atoms with van der Waals surface area (Å²) in [6.07, 6.45) is 0. The lowest BCUT2D eigenvalue weighted by atomic mass is 10.2. The van der Waals surface area contributed by atoms with Crippen molar-refractivity contribution in [3.63, 3.8) is 0 Å². The summed E-state index contributed by atoms with van der Waals surface area (Å²) in [6.45, 7) is 6.13. The van der Waals surface area contributed by atoms with Crippen LogP contribution in [0.15, 0.2) is 0 Å². The average Bonchev–Trinajstić information content (AvgIpc) is 2.19. The molecule has 2 unspecified atom stereocenters. The number of piperazine rings is 1. The fraction of sp³-hybridized carbons (Fsp3) is 0.900. The number of hydrogen-bond donors (Lipinski definition) is 1. The lowest BCUT2D eigenvalue weighted by Crippen LogP contribution is -2.54. The molecule has 0 bridgehead atoms. The zero-order valence-electron chi connectivity index (χ0n) is 9.32. The van der Waals surface area contributed by atoms with Gasteiger partial charge in [0.05, 0.1) is 12.1 Å². The van der Waals surface area contributed by atoms with Crippen molar-refractivity contribution < 1.29 is 0 Å². The van der Waals surface area contributed by atoms with Gasteiger partial charge in [-0.3, -0.25) is 4.90 Å². The summed E-state index contributed by atoms with van der Waals surface area (Å²) >= 11 is 0. The molecule has 14 heavy (non-hydrogen) atoms. The van der Waals surface area contributed by atoms with Crippen molar-refractivity contribution in [2.75, 3.05) is 40.3 Å². The average molecular weight is 196 g/mol. The summed E-state index contributed by atoms with van der Waals surface area (Å²) in [5.74, 6) is 0. The van der Waals surface area contributed by atoms with Crippen LogP contribution in [0.1, 0.15) is 6.92 Å². The Morgan fingerprint density at radius 3 is 2.86 bits per heavy atom. The van der Waals surface area contributed by atoms with Crippen LogP contribution < -0.4 is 5.32 Å². The van der Waals surface area contributed by atoms with Crippen LogP contribution in [0.2, 0.25) is 0 Å². The highest BCUT2D eigenvalue weighted by molar-refractivity contribution is 4.88. The van der Waals surface area contributed by atoms with Gasteiger partial charge in [-0.05, 0) is 21.0 Å².